The van der Waals surface area contributed by atoms with Gasteiger partial charge in [-0.3, -0.25) is 4.79 Å². The van der Waals surface area contributed by atoms with Crippen molar-refractivity contribution in [2.24, 2.45) is 5.92 Å². The van der Waals surface area contributed by atoms with Gasteiger partial charge in [0.25, 0.3) is 5.56 Å². The Bertz CT molecular complexity index is 1350. The Hall–Kier alpha value is -2.65. The average Bonchev–Trinajstić information content (AvgIpc) is 3.21. The van der Waals surface area contributed by atoms with Crippen LogP contribution < -0.4 is 10.3 Å². The van der Waals surface area contributed by atoms with Crippen molar-refractivity contribution in [3.05, 3.63) is 40.3 Å². The van der Waals surface area contributed by atoms with Gasteiger partial charge >= 0.3 is 0 Å². The molecule has 190 valence electrons. The molecule has 0 radical (unpaired) electrons. The molecule has 1 aliphatic rings. The molecule has 9 heteroatoms. The van der Waals surface area contributed by atoms with Crippen LogP contribution in [-0.4, -0.2) is 47.0 Å². The third-order valence-electron chi connectivity index (χ3n) is 6.71. The molecule has 2 aromatic heterocycles. The van der Waals surface area contributed by atoms with Gasteiger partial charge in [-0.2, -0.15) is 4.31 Å². The van der Waals surface area contributed by atoms with Crippen LogP contribution in [0.2, 0.25) is 0 Å². The number of piperidine rings is 1. The summed E-state index contributed by atoms with van der Waals surface area (Å²) in [7, 11) is -3.67. The zero-order chi connectivity index (χ0) is 25.2. The van der Waals surface area contributed by atoms with Gasteiger partial charge in [-0.05, 0) is 62.3 Å². The van der Waals surface area contributed by atoms with Gasteiger partial charge in [0.15, 0.2) is 0 Å². The first-order chi connectivity index (χ1) is 16.8. The molecule has 1 aromatic carbocycles. The second-order valence-corrected chi connectivity index (χ2v) is 11.3. The van der Waals surface area contributed by atoms with Crippen LogP contribution in [0.3, 0.4) is 0 Å². The third kappa shape index (κ3) is 5.02. The molecule has 35 heavy (non-hydrogen) atoms. The number of hydrogen-bond donors (Lipinski definition) is 1. The van der Waals surface area contributed by atoms with Gasteiger partial charge in [0, 0.05) is 25.8 Å². The van der Waals surface area contributed by atoms with Crippen molar-refractivity contribution in [2.75, 3.05) is 19.7 Å². The van der Waals surface area contributed by atoms with Gasteiger partial charge in [0.1, 0.15) is 17.1 Å². The summed E-state index contributed by atoms with van der Waals surface area (Å²) in [5.74, 6) is 1.35. The molecule has 1 saturated heterocycles. The molecule has 1 N–H and O–H groups in total. The first-order valence-corrected chi connectivity index (χ1v) is 14.1. The van der Waals surface area contributed by atoms with E-state index in [-0.39, 0.29) is 10.5 Å². The number of nitrogens with one attached hydrogen (secondary N) is 1. The van der Waals surface area contributed by atoms with Crippen LogP contribution in [0.4, 0.5) is 0 Å². The molecule has 0 spiro atoms. The van der Waals surface area contributed by atoms with E-state index in [1.165, 1.54) is 0 Å². The predicted octanol–water partition coefficient (Wildman–Crippen LogP) is 4.57. The van der Waals surface area contributed by atoms with Gasteiger partial charge in [-0.1, -0.05) is 27.2 Å². The number of sulfonamides is 1. The molecular formula is C26H36N4O4S. The number of nitrogens with zero attached hydrogens (tertiary/aromatic N) is 3. The lowest BCUT2D eigenvalue weighted by Crippen LogP contribution is -2.37. The van der Waals surface area contributed by atoms with E-state index in [2.05, 4.69) is 18.8 Å². The molecule has 1 fully saturated rings. The molecular weight excluding hydrogens is 464 g/mol. The lowest BCUT2D eigenvalue weighted by molar-refractivity contribution is 0.288. The molecule has 0 amide bonds. The summed E-state index contributed by atoms with van der Waals surface area (Å²) in [5, 5.41) is 0. The summed E-state index contributed by atoms with van der Waals surface area (Å²) in [6.45, 7) is 10.4. The topological polar surface area (TPSA) is 97.3 Å². The average molecular weight is 501 g/mol. The molecule has 0 aliphatic carbocycles. The molecule has 0 unspecified atom stereocenters. The molecule has 0 saturated carbocycles. The van der Waals surface area contributed by atoms with Gasteiger partial charge in [-0.25, -0.2) is 13.4 Å². The van der Waals surface area contributed by atoms with Crippen LogP contribution in [0, 0.1) is 5.92 Å². The summed E-state index contributed by atoms with van der Waals surface area (Å²) >= 11 is 0. The lowest BCUT2D eigenvalue weighted by Gasteiger charge is -2.29. The third-order valence-corrected chi connectivity index (χ3v) is 8.60. The van der Waals surface area contributed by atoms with Gasteiger partial charge in [0.05, 0.1) is 22.6 Å². The van der Waals surface area contributed by atoms with E-state index in [9.17, 15) is 13.2 Å². The Kier molecular flexibility index (Phi) is 7.66. The van der Waals surface area contributed by atoms with Crippen molar-refractivity contribution in [1.82, 2.24) is 18.8 Å². The minimum Gasteiger partial charge on any atom is -0.493 e. The van der Waals surface area contributed by atoms with E-state index in [1.54, 1.807) is 22.5 Å². The Labute approximate surface area is 207 Å². The van der Waals surface area contributed by atoms with Crippen LogP contribution in [0.5, 0.6) is 5.75 Å². The van der Waals surface area contributed by atoms with E-state index >= 15 is 0 Å². The number of H-pyrrole nitrogens is 1. The maximum atomic E-state index is 13.5. The smallest absolute Gasteiger partial charge is 0.275 e. The maximum absolute atomic E-state index is 13.5. The Morgan fingerprint density at radius 1 is 1.14 bits per heavy atom. The number of fused-ring (bicyclic) bond motifs is 1. The Morgan fingerprint density at radius 3 is 2.54 bits per heavy atom. The van der Waals surface area contributed by atoms with Crippen molar-refractivity contribution in [3.8, 4) is 17.1 Å². The fraction of sp³-hybridized carbons (Fsp3) is 0.538. The molecule has 8 nitrogen and oxygen atoms in total. The molecule has 0 atom stereocenters. The van der Waals surface area contributed by atoms with E-state index in [0.717, 1.165) is 37.7 Å². The standard InChI is InChI=1S/C26H36N4O4S/c1-5-8-19-17-29(7-3)24-23(19)27-25(28-26(24)31)21-16-20(9-10-22(21)34-15-6-2)35(32,33)30-13-11-18(4)12-14-30/h9-10,16-18H,5-8,11-15H2,1-4H3,(H,27,28,31). The second kappa shape index (κ2) is 10.5. The monoisotopic (exact) mass is 500 g/mol. The fourth-order valence-corrected chi connectivity index (χ4v) is 6.16. The molecule has 0 bridgehead atoms. The van der Waals surface area contributed by atoms with Gasteiger partial charge in [-0.15, -0.1) is 0 Å². The van der Waals surface area contributed by atoms with Gasteiger partial charge in [0.2, 0.25) is 10.0 Å². The van der Waals surface area contributed by atoms with Crippen molar-refractivity contribution in [2.45, 2.75) is 71.2 Å². The lowest BCUT2D eigenvalue weighted by atomic mass is 10.0. The van der Waals surface area contributed by atoms with Crippen LogP contribution in [0.25, 0.3) is 22.4 Å². The van der Waals surface area contributed by atoms with Crippen LogP contribution >= 0.6 is 0 Å². The van der Waals surface area contributed by atoms with Crippen molar-refractivity contribution >= 4 is 21.1 Å². The zero-order valence-electron chi connectivity index (χ0n) is 21.1. The summed E-state index contributed by atoms with van der Waals surface area (Å²) in [6, 6.07) is 4.87. The predicted molar refractivity (Wildman–Crippen MR) is 138 cm³/mol. The van der Waals surface area contributed by atoms with Crippen LogP contribution in [-0.2, 0) is 23.0 Å². The minimum absolute atomic E-state index is 0.188. The van der Waals surface area contributed by atoms with E-state index in [0.29, 0.717) is 60.3 Å². The first kappa shape index (κ1) is 25.4. The maximum Gasteiger partial charge on any atom is 0.275 e. The summed E-state index contributed by atoms with van der Waals surface area (Å²) in [6.07, 6.45) is 6.23. The molecule has 4 rings (SSSR count). The largest absolute Gasteiger partial charge is 0.493 e. The van der Waals surface area contributed by atoms with Crippen molar-refractivity contribution in [1.29, 1.82) is 0 Å². The van der Waals surface area contributed by atoms with Gasteiger partial charge < -0.3 is 14.3 Å². The number of ether oxygens (including phenoxy) is 1. The highest BCUT2D eigenvalue weighted by Crippen LogP contribution is 2.33. The molecule has 1 aliphatic heterocycles. The van der Waals surface area contributed by atoms with E-state index < -0.39 is 10.0 Å². The zero-order valence-corrected chi connectivity index (χ0v) is 22.0. The molecule has 3 heterocycles. The summed E-state index contributed by atoms with van der Waals surface area (Å²) in [4.78, 5) is 21.1. The summed E-state index contributed by atoms with van der Waals surface area (Å²) in [5.41, 5.74) is 2.46. The first-order valence-electron chi connectivity index (χ1n) is 12.7. The van der Waals surface area contributed by atoms with Crippen LogP contribution in [0.1, 0.15) is 58.9 Å². The highest BCUT2D eigenvalue weighted by atomic mass is 32.2. The Morgan fingerprint density at radius 2 is 1.89 bits per heavy atom. The highest BCUT2D eigenvalue weighted by molar-refractivity contribution is 7.89. The SMILES string of the molecule is CCCOc1ccc(S(=O)(=O)N2CCC(C)CC2)cc1-c1nc2c(CCC)cn(CC)c2c(=O)[nH]1. The van der Waals surface area contributed by atoms with E-state index in [4.69, 9.17) is 9.72 Å². The second-order valence-electron chi connectivity index (χ2n) is 9.40. The van der Waals surface area contributed by atoms with Crippen LogP contribution in [0.15, 0.2) is 34.1 Å². The quantitative estimate of drug-likeness (QED) is 0.464. The Balaban J connectivity index is 1.86. The number of rotatable bonds is 9. The number of aromatic nitrogens is 3. The van der Waals surface area contributed by atoms with Crippen molar-refractivity contribution < 1.29 is 13.2 Å². The fourth-order valence-electron chi connectivity index (χ4n) is 4.67. The highest BCUT2D eigenvalue weighted by Gasteiger charge is 2.29. The molecule has 3 aromatic rings. The number of aryl methyl sites for hydroxylation is 2. The minimum atomic E-state index is -3.67. The normalized spacial score (nSPS) is 15.7. The van der Waals surface area contributed by atoms with Crippen molar-refractivity contribution in [3.63, 3.8) is 0 Å². The summed E-state index contributed by atoms with van der Waals surface area (Å²) < 4.78 is 36.3. The number of aromatic amines is 1. The number of benzene rings is 1. The number of hydrogen-bond acceptors (Lipinski definition) is 5. The van der Waals surface area contributed by atoms with E-state index in [1.807, 2.05) is 24.6 Å².